The molecule has 0 aliphatic heterocycles. The highest BCUT2D eigenvalue weighted by Gasteiger charge is 1.88. The summed E-state index contributed by atoms with van der Waals surface area (Å²) in [6, 6.07) is 0. The van der Waals surface area contributed by atoms with E-state index in [1.807, 2.05) is 20.8 Å². The monoisotopic (exact) mass is 262 g/mol. The number of carbonyl (C=O) groups is 2. The zero-order valence-corrected chi connectivity index (χ0v) is 13.0. The van der Waals surface area contributed by atoms with Crippen LogP contribution in [0.2, 0.25) is 0 Å². The van der Waals surface area contributed by atoms with E-state index in [1.54, 1.807) is 0 Å². The molecule has 0 rings (SSSR count). The van der Waals surface area contributed by atoms with E-state index in [0.29, 0.717) is 6.42 Å². The number of aldehydes is 1. The van der Waals surface area contributed by atoms with Gasteiger partial charge in [-0.1, -0.05) is 47.0 Å². The molecule has 0 atom stereocenters. The van der Waals surface area contributed by atoms with Gasteiger partial charge in [0.05, 0.1) is 0 Å². The van der Waals surface area contributed by atoms with Gasteiger partial charge in [0, 0.05) is 12.8 Å². The molecule has 0 fully saturated rings. The zero-order valence-electron chi connectivity index (χ0n) is 13.0. The number of primary amides is 1. The van der Waals surface area contributed by atoms with Crippen LogP contribution in [0.5, 0.6) is 0 Å². The number of rotatable bonds is 7. The quantitative estimate of drug-likeness (QED) is 0.546. The van der Waals surface area contributed by atoms with Crippen molar-refractivity contribution < 1.29 is 9.59 Å². The van der Waals surface area contributed by atoms with Crippen LogP contribution in [0.25, 0.3) is 0 Å². The SMILES string of the molecule is CC.CCCCC(N)=O.CCCCCC=O.CN. The smallest absolute Gasteiger partial charge is 0.217 e. The number of hydrogen-bond acceptors (Lipinski definition) is 3. The van der Waals surface area contributed by atoms with Crippen LogP contribution in [-0.4, -0.2) is 19.2 Å². The van der Waals surface area contributed by atoms with Gasteiger partial charge in [0.15, 0.2) is 0 Å². The molecular weight excluding hydrogens is 228 g/mol. The Labute approximate surface area is 114 Å². The normalized spacial score (nSPS) is 7.44. The summed E-state index contributed by atoms with van der Waals surface area (Å²) in [4.78, 5) is 19.7. The Hall–Kier alpha value is -0.900. The number of hydrogen-bond donors (Lipinski definition) is 2. The maximum Gasteiger partial charge on any atom is 0.217 e. The molecule has 0 heterocycles. The first-order valence-electron chi connectivity index (χ1n) is 6.98. The van der Waals surface area contributed by atoms with Gasteiger partial charge < -0.3 is 16.3 Å². The molecule has 0 aliphatic rings. The Morgan fingerprint density at radius 3 is 1.67 bits per heavy atom. The van der Waals surface area contributed by atoms with Crippen molar-refractivity contribution in [3.63, 3.8) is 0 Å². The van der Waals surface area contributed by atoms with Crippen molar-refractivity contribution in [2.45, 2.75) is 72.6 Å². The lowest BCUT2D eigenvalue weighted by Gasteiger charge is -1.86. The van der Waals surface area contributed by atoms with E-state index in [0.717, 1.165) is 32.0 Å². The fourth-order valence-corrected chi connectivity index (χ4v) is 0.829. The Morgan fingerprint density at radius 2 is 1.44 bits per heavy atom. The van der Waals surface area contributed by atoms with Crippen molar-refractivity contribution >= 4 is 12.2 Å². The molecule has 0 aromatic heterocycles. The fraction of sp³-hybridized carbons (Fsp3) is 0.857. The van der Waals surface area contributed by atoms with Gasteiger partial charge in [0.25, 0.3) is 0 Å². The topological polar surface area (TPSA) is 86.2 Å². The summed E-state index contributed by atoms with van der Waals surface area (Å²) in [7, 11) is 1.50. The van der Waals surface area contributed by atoms with Crippen LogP contribution in [0.4, 0.5) is 0 Å². The summed E-state index contributed by atoms with van der Waals surface area (Å²) < 4.78 is 0. The fourth-order valence-electron chi connectivity index (χ4n) is 0.829. The predicted octanol–water partition coefficient (Wildman–Crippen LogP) is 3.03. The number of nitrogens with two attached hydrogens (primary N) is 2. The van der Waals surface area contributed by atoms with Crippen molar-refractivity contribution in [1.29, 1.82) is 0 Å². The molecule has 0 aliphatic carbocycles. The van der Waals surface area contributed by atoms with Crippen molar-refractivity contribution in [2.75, 3.05) is 7.05 Å². The van der Waals surface area contributed by atoms with Gasteiger partial charge in [0.2, 0.25) is 5.91 Å². The molecule has 112 valence electrons. The summed E-state index contributed by atoms with van der Waals surface area (Å²) in [6.07, 6.45) is 7.70. The second kappa shape index (κ2) is 36.0. The Balaban J connectivity index is -0.0000000851. The maximum absolute atomic E-state index is 9.98. The van der Waals surface area contributed by atoms with Crippen LogP contribution in [0.1, 0.15) is 72.6 Å². The standard InChI is InChI=1S/C6H12O.C5H11NO.C2H6.CH5N/c1-2-3-4-5-6-7;1-2-3-4-5(6)7;2*1-2/h6H,2-5H2,1H3;2-4H2,1H3,(H2,6,7);1-2H3;2H2,1H3. The van der Waals surface area contributed by atoms with Crippen LogP contribution in [0, 0.1) is 0 Å². The van der Waals surface area contributed by atoms with Crippen LogP contribution in [0.15, 0.2) is 0 Å². The van der Waals surface area contributed by atoms with Crippen molar-refractivity contribution in [3.05, 3.63) is 0 Å². The average molecular weight is 262 g/mol. The minimum atomic E-state index is -0.193. The van der Waals surface area contributed by atoms with E-state index in [-0.39, 0.29) is 5.91 Å². The van der Waals surface area contributed by atoms with Gasteiger partial charge in [-0.15, -0.1) is 0 Å². The number of carbonyl (C=O) groups excluding carboxylic acids is 2. The molecule has 18 heavy (non-hydrogen) atoms. The lowest BCUT2D eigenvalue weighted by atomic mass is 10.2. The first-order chi connectivity index (χ1) is 8.68. The van der Waals surface area contributed by atoms with Gasteiger partial charge in [-0.25, -0.2) is 0 Å². The van der Waals surface area contributed by atoms with Crippen molar-refractivity contribution in [2.24, 2.45) is 11.5 Å². The summed E-state index contributed by atoms with van der Waals surface area (Å²) >= 11 is 0. The van der Waals surface area contributed by atoms with E-state index in [1.165, 1.54) is 19.9 Å². The summed E-state index contributed by atoms with van der Waals surface area (Å²) in [5, 5.41) is 0. The summed E-state index contributed by atoms with van der Waals surface area (Å²) in [5.74, 6) is -0.193. The molecule has 4 heteroatoms. The third kappa shape index (κ3) is 59.6. The van der Waals surface area contributed by atoms with E-state index >= 15 is 0 Å². The molecule has 0 unspecified atom stereocenters. The Kier molecular flexibility index (Phi) is 51.6. The molecular formula is C14H34N2O2. The minimum absolute atomic E-state index is 0.193. The van der Waals surface area contributed by atoms with Gasteiger partial charge >= 0.3 is 0 Å². The van der Waals surface area contributed by atoms with E-state index in [4.69, 9.17) is 5.73 Å². The highest BCUT2D eigenvalue weighted by Crippen LogP contribution is 1.94. The van der Waals surface area contributed by atoms with Gasteiger partial charge in [0.1, 0.15) is 6.29 Å². The summed E-state index contributed by atoms with van der Waals surface area (Å²) in [6.45, 7) is 8.16. The molecule has 0 aromatic rings. The van der Waals surface area contributed by atoms with Crippen LogP contribution >= 0.6 is 0 Å². The number of unbranched alkanes of at least 4 members (excludes halogenated alkanes) is 4. The molecule has 0 spiro atoms. The van der Waals surface area contributed by atoms with Gasteiger partial charge in [-0.3, -0.25) is 4.79 Å². The van der Waals surface area contributed by atoms with Crippen LogP contribution in [-0.2, 0) is 9.59 Å². The molecule has 0 saturated carbocycles. The molecule has 0 radical (unpaired) electrons. The predicted molar refractivity (Wildman–Crippen MR) is 80.4 cm³/mol. The zero-order chi connectivity index (χ0) is 15.2. The van der Waals surface area contributed by atoms with Gasteiger partial charge in [-0.2, -0.15) is 0 Å². The highest BCUT2D eigenvalue weighted by atomic mass is 16.1. The largest absolute Gasteiger partial charge is 0.370 e. The third-order valence-electron chi connectivity index (χ3n) is 1.70. The second-order valence-corrected chi connectivity index (χ2v) is 3.23. The molecule has 4 nitrogen and oxygen atoms in total. The van der Waals surface area contributed by atoms with Crippen LogP contribution < -0.4 is 11.5 Å². The molecule has 4 N–H and O–H groups in total. The lowest BCUT2D eigenvalue weighted by molar-refractivity contribution is -0.118. The molecule has 0 aromatic carbocycles. The minimum Gasteiger partial charge on any atom is -0.370 e. The van der Waals surface area contributed by atoms with Crippen molar-refractivity contribution in [3.8, 4) is 0 Å². The molecule has 0 bridgehead atoms. The summed E-state index contributed by atoms with van der Waals surface area (Å²) in [5.41, 5.74) is 9.34. The number of amides is 1. The van der Waals surface area contributed by atoms with Crippen LogP contribution in [0.3, 0.4) is 0 Å². The maximum atomic E-state index is 9.98. The third-order valence-corrected chi connectivity index (χ3v) is 1.70. The molecule has 0 saturated heterocycles. The average Bonchev–Trinajstić information content (AvgIpc) is 2.42. The van der Waals surface area contributed by atoms with E-state index in [2.05, 4.69) is 12.7 Å². The van der Waals surface area contributed by atoms with Crippen molar-refractivity contribution in [1.82, 2.24) is 0 Å². The second-order valence-electron chi connectivity index (χ2n) is 3.23. The lowest BCUT2D eigenvalue weighted by Crippen LogP contribution is -2.09. The van der Waals surface area contributed by atoms with Gasteiger partial charge in [-0.05, 0) is 19.9 Å². The highest BCUT2D eigenvalue weighted by molar-refractivity contribution is 5.73. The van der Waals surface area contributed by atoms with E-state index in [9.17, 15) is 9.59 Å². The first kappa shape index (κ1) is 25.8. The Bertz CT molecular complexity index is 140. The molecule has 1 amide bonds. The first-order valence-corrected chi connectivity index (χ1v) is 6.98. The Morgan fingerprint density at radius 1 is 1.00 bits per heavy atom. The van der Waals surface area contributed by atoms with E-state index < -0.39 is 0 Å².